The van der Waals surface area contributed by atoms with Gasteiger partial charge in [0.15, 0.2) is 0 Å². The van der Waals surface area contributed by atoms with Crippen molar-refractivity contribution in [3.63, 3.8) is 0 Å². The van der Waals surface area contributed by atoms with Crippen LogP contribution < -0.4 is 0 Å². The minimum atomic E-state index is -0.158. The van der Waals surface area contributed by atoms with Crippen LogP contribution in [0.5, 0.6) is 0 Å². The van der Waals surface area contributed by atoms with Crippen LogP contribution in [0, 0.1) is 0 Å². The fourth-order valence-corrected chi connectivity index (χ4v) is 5.26. The average Bonchev–Trinajstić information content (AvgIpc) is 3.37. The molecule has 196 valence electrons. The molecule has 1 aliphatic rings. The van der Waals surface area contributed by atoms with Gasteiger partial charge in [-0.15, -0.1) is 0 Å². The Morgan fingerprint density at radius 3 is 2.41 bits per heavy atom. The van der Waals surface area contributed by atoms with Gasteiger partial charge < -0.3 is 19.1 Å². The highest BCUT2D eigenvalue weighted by Crippen LogP contribution is 2.25. The number of methoxy groups -OCH3 is 1. The van der Waals surface area contributed by atoms with E-state index in [4.69, 9.17) is 4.74 Å². The molecule has 1 aliphatic carbocycles. The van der Waals surface area contributed by atoms with Crippen LogP contribution in [-0.4, -0.2) is 59.0 Å². The van der Waals surface area contributed by atoms with E-state index in [0.29, 0.717) is 25.3 Å². The molecule has 0 aliphatic heterocycles. The molecule has 0 radical (unpaired) electrons. The summed E-state index contributed by atoms with van der Waals surface area (Å²) in [5.41, 5.74) is 2.89. The summed E-state index contributed by atoms with van der Waals surface area (Å²) in [5.74, 6) is -0.171. The van der Waals surface area contributed by atoms with E-state index < -0.39 is 0 Å². The SMILES string of the molecule is COCCN(CC(=O)N(Cc1cccn1Cc1ccccc1)C1CCCCC1)C(=O)c1ccc(Br)cc1. The van der Waals surface area contributed by atoms with Crippen LogP contribution in [0.1, 0.15) is 53.7 Å². The lowest BCUT2D eigenvalue weighted by Gasteiger charge is -2.36. The summed E-state index contributed by atoms with van der Waals surface area (Å²) in [5, 5.41) is 0. The third kappa shape index (κ3) is 7.55. The molecule has 7 heteroatoms. The number of amides is 2. The maximum absolute atomic E-state index is 13.9. The lowest BCUT2D eigenvalue weighted by atomic mass is 9.94. The Bertz CT molecular complexity index is 1140. The normalized spacial score (nSPS) is 13.9. The lowest BCUT2D eigenvalue weighted by molar-refractivity contribution is -0.135. The number of carbonyl (C=O) groups excluding carboxylic acids is 2. The Balaban J connectivity index is 1.54. The highest BCUT2D eigenvalue weighted by Gasteiger charge is 2.29. The predicted octanol–water partition coefficient (Wildman–Crippen LogP) is 5.75. The molecule has 3 aromatic rings. The van der Waals surface area contributed by atoms with Gasteiger partial charge in [0, 0.05) is 48.2 Å². The van der Waals surface area contributed by atoms with Gasteiger partial charge in [0.2, 0.25) is 5.91 Å². The van der Waals surface area contributed by atoms with Gasteiger partial charge in [0.1, 0.15) is 6.54 Å². The van der Waals surface area contributed by atoms with Gasteiger partial charge in [-0.25, -0.2) is 0 Å². The smallest absolute Gasteiger partial charge is 0.254 e. The zero-order chi connectivity index (χ0) is 26.0. The number of carbonyl (C=O) groups is 2. The summed E-state index contributed by atoms with van der Waals surface area (Å²) in [6.45, 7) is 2.07. The summed E-state index contributed by atoms with van der Waals surface area (Å²) in [6.07, 6.45) is 7.56. The third-order valence-corrected chi connectivity index (χ3v) is 7.59. The molecule has 0 bridgehead atoms. The van der Waals surface area contributed by atoms with Crippen LogP contribution in [0.2, 0.25) is 0 Å². The highest BCUT2D eigenvalue weighted by atomic mass is 79.9. The van der Waals surface area contributed by atoms with E-state index in [1.807, 2.05) is 41.3 Å². The van der Waals surface area contributed by atoms with Gasteiger partial charge in [0.25, 0.3) is 5.91 Å². The van der Waals surface area contributed by atoms with Gasteiger partial charge >= 0.3 is 0 Å². The molecule has 1 saturated carbocycles. The number of hydrogen-bond donors (Lipinski definition) is 0. The molecule has 37 heavy (non-hydrogen) atoms. The van der Waals surface area contributed by atoms with Crippen molar-refractivity contribution in [2.45, 2.75) is 51.2 Å². The van der Waals surface area contributed by atoms with Crippen molar-refractivity contribution in [2.75, 3.05) is 26.8 Å². The molecule has 1 fully saturated rings. The van der Waals surface area contributed by atoms with Crippen molar-refractivity contribution in [3.8, 4) is 0 Å². The van der Waals surface area contributed by atoms with Crippen LogP contribution in [0.15, 0.2) is 77.4 Å². The topological polar surface area (TPSA) is 54.8 Å². The van der Waals surface area contributed by atoms with Crippen LogP contribution >= 0.6 is 15.9 Å². The Morgan fingerprint density at radius 2 is 1.70 bits per heavy atom. The number of halogens is 1. The lowest BCUT2D eigenvalue weighted by Crippen LogP contribution is -2.48. The number of aromatic nitrogens is 1. The molecular formula is C30H36BrN3O3. The third-order valence-electron chi connectivity index (χ3n) is 7.06. The van der Waals surface area contributed by atoms with Crippen molar-refractivity contribution in [1.82, 2.24) is 14.4 Å². The number of nitrogens with zero attached hydrogens (tertiary/aromatic N) is 3. The highest BCUT2D eigenvalue weighted by molar-refractivity contribution is 9.10. The van der Waals surface area contributed by atoms with E-state index in [1.165, 1.54) is 12.0 Å². The summed E-state index contributed by atoms with van der Waals surface area (Å²) in [4.78, 5) is 30.9. The predicted molar refractivity (Wildman–Crippen MR) is 149 cm³/mol. The first-order valence-electron chi connectivity index (χ1n) is 13.1. The Labute approximate surface area is 228 Å². The number of ether oxygens (including phenoxy) is 1. The zero-order valence-corrected chi connectivity index (χ0v) is 23.1. The van der Waals surface area contributed by atoms with E-state index in [9.17, 15) is 9.59 Å². The molecule has 6 nitrogen and oxygen atoms in total. The van der Waals surface area contributed by atoms with Crippen LogP contribution in [0.3, 0.4) is 0 Å². The zero-order valence-electron chi connectivity index (χ0n) is 21.5. The largest absolute Gasteiger partial charge is 0.383 e. The molecular weight excluding hydrogens is 530 g/mol. The maximum Gasteiger partial charge on any atom is 0.254 e. The van der Waals surface area contributed by atoms with Crippen molar-refractivity contribution in [2.24, 2.45) is 0 Å². The quantitative estimate of drug-likeness (QED) is 0.297. The van der Waals surface area contributed by atoms with Gasteiger partial charge in [0.05, 0.1) is 13.2 Å². The maximum atomic E-state index is 13.9. The minimum Gasteiger partial charge on any atom is -0.383 e. The van der Waals surface area contributed by atoms with Crippen LogP contribution in [-0.2, 0) is 22.6 Å². The van der Waals surface area contributed by atoms with E-state index >= 15 is 0 Å². The van der Waals surface area contributed by atoms with E-state index in [2.05, 4.69) is 44.9 Å². The fourth-order valence-electron chi connectivity index (χ4n) is 5.00. The van der Waals surface area contributed by atoms with Gasteiger partial charge in [-0.2, -0.15) is 0 Å². The van der Waals surface area contributed by atoms with Crippen LogP contribution in [0.4, 0.5) is 0 Å². The first-order valence-corrected chi connectivity index (χ1v) is 13.9. The molecule has 0 atom stereocenters. The minimum absolute atomic E-state index is 0.0130. The van der Waals surface area contributed by atoms with E-state index in [-0.39, 0.29) is 24.4 Å². The second-order valence-electron chi connectivity index (χ2n) is 9.65. The molecule has 2 amide bonds. The summed E-state index contributed by atoms with van der Waals surface area (Å²) in [6, 6.07) is 22.0. The summed E-state index contributed by atoms with van der Waals surface area (Å²) < 4.78 is 8.39. The molecule has 4 rings (SSSR count). The first-order chi connectivity index (χ1) is 18.0. The van der Waals surface area contributed by atoms with E-state index in [1.54, 1.807) is 24.1 Å². The van der Waals surface area contributed by atoms with Crippen molar-refractivity contribution in [1.29, 1.82) is 0 Å². The van der Waals surface area contributed by atoms with Crippen molar-refractivity contribution < 1.29 is 14.3 Å². The Hall–Kier alpha value is -2.90. The summed E-state index contributed by atoms with van der Waals surface area (Å²) in [7, 11) is 1.61. The number of benzene rings is 2. The second-order valence-corrected chi connectivity index (χ2v) is 10.6. The summed E-state index contributed by atoms with van der Waals surface area (Å²) >= 11 is 3.42. The molecule has 0 unspecified atom stereocenters. The van der Waals surface area contributed by atoms with E-state index in [0.717, 1.165) is 42.4 Å². The van der Waals surface area contributed by atoms with Crippen LogP contribution in [0.25, 0.3) is 0 Å². The van der Waals surface area contributed by atoms with Crippen molar-refractivity contribution >= 4 is 27.7 Å². The first kappa shape index (κ1) is 27.1. The molecule has 1 heterocycles. The molecule has 0 spiro atoms. The number of hydrogen-bond acceptors (Lipinski definition) is 3. The van der Waals surface area contributed by atoms with Crippen molar-refractivity contribution in [3.05, 3.63) is 94.2 Å². The number of rotatable bonds is 11. The molecule has 2 aromatic carbocycles. The molecule has 1 aromatic heterocycles. The molecule has 0 N–H and O–H groups in total. The fraction of sp³-hybridized carbons (Fsp3) is 0.400. The average molecular weight is 567 g/mol. The monoisotopic (exact) mass is 565 g/mol. The second kappa shape index (κ2) is 13.6. The Morgan fingerprint density at radius 1 is 0.973 bits per heavy atom. The standard InChI is InChI=1S/C30H36BrN3O3/c1-37-20-19-33(30(36)25-14-16-26(31)17-15-25)23-29(35)34(27-11-6-3-7-12-27)22-28-13-8-18-32(28)21-24-9-4-2-5-10-24/h2,4-5,8-10,13-18,27H,3,6-7,11-12,19-23H2,1H3. The van der Waals surface area contributed by atoms with Gasteiger partial charge in [-0.05, 0) is 54.8 Å². The molecule has 0 saturated heterocycles. The Kier molecular flexibility index (Phi) is 9.97. The van der Waals surface area contributed by atoms with Gasteiger partial charge in [-0.1, -0.05) is 65.5 Å². The van der Waals surface area contributed by atoms with Gasteiger partial charge in [-0.3, -0.25) is 9.59 Å².